The molecule has 0 aliphatic carbocycles. The van der Waals surface area contributed by atoms with Crippen LogP contribution < -0.4 is 0 Å². The highest BCUT2D eigenvalue weighted by Crippen LogP contribution is 2.09. The molecule has 0 aliphatic rings. The quantitative estimate of drug-likeness (QED) is 0.517. The molecule has 0 spiro atoms. The molecule has 74 valence electrons. The number of aliphatic hydroxyl groups is 1. The van der Waals surface area contributed by atoms with Crippen LogP contribution >= 0.6 is 22.6 Å². The lowest BCUT2D eigenvalue weighted by Crippen LogP contribution is -1.82. The van der Waals surface area contributed by atoms with Gasteiger partial charge in [0.1, 0.15) is 0 Å². The van der Waals surface area contributed by atoms with E-state index in [0.717, 1.165) is 24.8 Å². The molecule has 1 aromatic carbocycles. The molecule has 0 aliphatic heterocycles. The lowest BCUT2D eigenvalue weighted by Gasteiger charge is -1.93. The fourth-order valence-electron chi connectivity index (χ4n) is 1.05. The molecule has 1 nitrogen and oxygen atoms in total. The minimum atomic E-state index is 0.268. The number of unbranched alkanes of at least 4 members (excludes halogenated alkanes) is 2. The summed E-state index contributed by atoms with van der Waals surface area (Å²) in [4.78, 5) is 0. The number of hydrogen-bond donors (Lipinski definition) is 1. The summed E-state index contributed by atoms with van der Waals surface area (Å²) in [7, 11) is 0. The molecular weight excluding hydrogens is 287 g/mol. The first-order chi connectivity index (χ1) is 6.84. The summed E-state index contributed by atoms with van der Waals surface area (Å²) in [5, 5.41) is 8.58. The molecule has 1 N–H and O–H groups in total. The summed E-state index contributed by atoms with van der Waals surface area (Å²) in [6, 6.07) is 8.09. The van der Waals surface area contributed by atoms with Crippen molar-refractivity contribution in [3.8, 4) is 11.8 Å². The number of benzene rings is 1. The van der Waals surface area contributed by atoms with Crippen molar-refractivity contribution in [3.63, 3.8) is 0 Å². The largest absolute Gasteiger partial charge is 0.396 e. The normalized spacial score (nSPS) is 9.29. The lowest BCUT2D eigenvalue weighted by atomic mass is 10.2. The van der Waals surface area contributed by atoms with Crippen molar-refractivity contribution < 1.29 is 5.11 Å². The summed E-state index contributed by atoms with van der Waals surface area (Å²) in [5.41, 5.74) is 1.09. The number of aliphatic hydroxyl groups excluding tert-OH is 1. The van der Waals surface area contributed by atoms with Crippen LogP contribution in [-0.2, 0) is 0 Å². The van der Waals surface area contributed by atoms with Crippen molar-refractivity contribution in [2.24, 2.45) is 0 Å². The van der Waals surface area contributed by atoms with Crippen molar-refractivity contribution in [3.05, 3.63) is 33.4 Å². The zero-order valence-electron chi connectivity index (χ0n) is 7.96. The predicted octanol–water partition coefficient (Wildman–Crippen LogP) is 2.81. The monoisotopic (exact) mass is 300 g/mol. The zero-order valence-corrected chi connectivity index (χ0v) is 10.1. The van der Waals surface area contributed by atoms with Gasteiger partial charge in [-0.05, 0) is 47.6 Å². The van der Waals surface area contributed by atoms with Crippen LogP contribution in [0.3, 0.4) is 0 Å². The van der Waals surface area contributed by atoms with E-state index < -0.39 is 0 Å². The van der Waals surface area contributed by atoms with Crippen LogP contribution in [0.15, 0.2) is 24.3 Å². The molecule has 2 heteroatoms. The first-order valence-electron chi connectivity index (χ1n) is 4.69. The van der Waals surface area contributed by atoms with E-state index in [1.807, 2.05) is 18.2 Å². The highest BCUT2D eigenvalue weighted by molar-refractivity contribution is 14.1. The SMILES string of the molecule is OCCCCC#Cc1ccccc1I. The number of rotatable bonds is 3. The van der Waals surface area contributed by atoms with Crippen molar-refractivity contribution in [1.82, 2.24) is 0 Å². The van der Waals surface area contributed by atoms with Crippen LogP contribution in [0.25, 0.3) is 0 Å². The Morgan fingerprint density at radius 1 is 1.21 bits per heavy atom. The molecule has 0 bridgehead atoms. The summed E-state index contributed by atoms with van der Waals surface area (Å²) in [5.74, 6) is 6.24. The van der Waals surface area contributed by atoms with Gasteiger partial charge in [0.2, 0.25) is 0 Å². The smallest absolute Gasteiger partial charge is 0.0431 e. The van der Waals surface area contributed by atoms with Crippen LogP contribution in [0.4, 0.5) is 0 Å². The Kier molecular flexibility index (Phi) is 5.65. The van der Waals surface area contributed by atoms with Gasteiger partial charge in [-0.2, -0.15) is 0 Å². The summed E-state index contributed by atoms with van der Waals surface area (Å²) >= 11 is 2.29. The average Bonchev–Trinajstić information content (AvgIpc) is 2.20. The predicted molar refractivity (Wildman–Crippen MR) is 67.0 cm³/mol. The summed E-state index contributed by atoms with van der Waals surface area (Å²) in [6.07, 6.45) is 2.69. The van der Waals surface area contributed by atoms with E-state index in [-0.39, 0.29) is 6.61 Å². The third-order valence-electron chi connectivity index (χ3n) is 1.81. The minimum Gasteiger partial charge on any atom is -0.396 e. The third kappa shape index (κ3) is 4.12. The molecule has 1 rings (SSSR count). The van der Waals surface area contributed by atoms with Crippen molar-refractivity contribution in [1.29, 1.82) is 0 Å². The van der Waals surface area contributed by atoms with Gasteiger partial charge in [0.05, 0.1) is 0 Å². The molecule has 0 aromatic heterocycles. The first kappa shape index (κ1) is 11.5. The van der Waals surface area contributed by atoms with Gasteiger partial charge in [-0.25, -0.2) is 0 Å². The Hall–Kier alpha value is -0.530. The van der Waals surface area contributed by atoms with E-state index in [4.69, 9.17) is 5.11 Å². The number of halogens is 1. The van der Waals surface area contributed by atoms with Crippen molar-refractivity contribution >= 4 is 22.6 Å². The number of hydrogen-bond acceptors (Lipinski definition) is 1. The fourth-order valence-corrected chi connectivity index (χ4v) is 1.57. The van der Waals surface area contributed by atoms with Crippen LogP contribution in [0.2, 0.25) is 0 Å². The topological polar surface area (TPSA) is 20.2 Å². The Morgan fingerprint density at radius 3 is 2.71 bits per heavy atom. The zero-order chi connectivity index (χ0) is 10.2. The second-order valence-electron chi connectivity index (χ2n) is 2.96. The maximum absolute atomic E-state index is 8.58. The van der Waals surface area contributed by atoms with Crippen LogP contribution in [0, 0.1) is 15.4 Å². The molecule has 14 heavy (non-hydrogen) atoms. The van der Waals surface area contributed by atoms with Gasteiger partial charge in [0, 0.05) is 22.2 Å². The van der Waals surface area contributed by atoms with E-state index >= 15 is 0 Å². The van der Waals surface area contributed by atoms with Gasteiger partial charge >= 0.3 is 0 Å². The van der Waals surface area contributed by atoms with E-state index in [2.05, 4.69) is 40.5 Å². The third-order valence-corrected chi connectivity index (χ3v) is 2.75. The molecule has 0 amide bonds. The lowest BCUT2D eigenvalue weighted by molar-refractivity contribution is 0.285. The van der Waals surface area contributed by atoms with Crippen LogP contribution in [0.5, 0.6) is 0 Å². The standard InChI is InChI=1S/C12H13IO/c13-12-9-5-4-8-11(12)7-3-1-2-6-10-14/h4-5,8-9,14H,1-2,6,10H2. The fraction of sp³-hybridized carbons (Fsp3) is 0.333. The maximum atomic E-state index is 8.58. The Bertz CT molecular complexity index is 336. The first-order valence-corrected chi connectivity index (χ1v) is 5.76. The molecular formula is C12H13IO. The van der Waals surface area contributed by atoms with Gasteiger partial charge in [0.15, 0.2) is 0 Å². The Morgan fingerprint density at radius 2 is 2.00 bits per heavy atom. The molecule has 0 fully saturated rings. The van der Waals surface area contributed by atoms with Crippen molar-refractivity contribution in [2.45, 2.75) is 19.3 Å². The Labute approximate surface area is 98.7 Å². The molecule has 0 saturated carbocycles. The van der Waals surface area contributed by atoms with Gasteiger partial charge < -0.3 is 5.11 Å². The van der Waals surface area contributed by atoms with Gasteiger partial charge in [-0.3, -0.25) is 0 Å². The second kappa shape index (κ2) is 6.86. The van der Waals surface area contributed by atoms with Gasteiger partial charge in [0.25, 0.3) is 0 Å². The van der Waals surface area contributed by atoms with Gasteiger partial charge in [-0.1, -0.05) is 24.0 Å². The molecule has 0 radical (unpaired) electrons. The summed E-state index contributed by atoms with van der Waals surface area (Å²) < 4.78 is 1.19. The van der Waals surface area contributed by atoms with E-state index in [9.17, 15) is 0 Å². The Balaban J connectivity index is 2.47. The molecule has 0 heterocycles. The summed E-state index contributed by atoms with van der Waals surface area (Å²) in [6.45, 7) is 0.268. The van der Waals surface area contributed by atoms with Crippen molar-refractivity contribution in [2.75, 3.05) is 6.61 Å². The highest BCUT2D eigenvalue weighted by atomic mass is 127. The average molecular weight is 300 g/mol. The minimum absolute atomic E-state index is 0.268. The van der Waals surface area contributed by atoms with E-state index in [1.165, 1.54) is 3.57 Å². The van der Waals surface area contributed by atoms with E-state index in [1.54, 1.807) is 0 Å². The van der Waals surface area contributed by atoms with Gasteiger partial charge in [-0.15, -0.1) is 0 Å². The van der Waals surface area contributed by atoms with Crippen LogP contribution in [-0.4, -0.2) is 11.7 Å². The van der Waals surface area contributed by atoms with Crippen LogP contribution in [0.1, 0.15) is 24.8 Å². The second-order valence-corrected chi connectivity index (χ2v) is 4.12. The molecule has 0 saturated heterocycles. The highest BCUT2D eigenvalue weighted by Gasteiger charge is 1.91. The molecule has 0 unspecified atom stereocenters. The van der Waals surface area contributed by atoms with E-state index in [0.29, 0.717) is 0 Å². The molecule has 1 aromatic rings. The molecule has 0 atom stereocenters. The maximum Gasteiger partial charge on any atom is 0.0431 e.